The predicted octanol–water partition coefficient (Wildman–Crippen LogP) is 2.04. The molecule has 90 valence electrons. The van der Waals surface area contributed by atoms with Crippen LogP contribution in [0.2, 0.25) is 0 Å². The minimum atomic E-state index is 0.896. The summed E-state index contributed by atoms with van der Waals surface area (Å²) in [6.07, 6.45) is 4.73. The zero-order chi connectivity index (χ0) is 12.3. The van der Waals surface area contributed by atoms with Crippen molar-refractivity contribution >= 4 is 0 Å². The van der Waals surface area contributed by atoms with Crippen LogP contribution in [0.1, 0.15) is 22.5 Å². The number of aryl methyl sites for hydroxylation is 2. The second kappa shape index (κ2) is 5.15. The highest BCUT2D eigenvalue weighted by atomic mass is 15.0. The third kappa shape index (κ3) is 2.74. The molecule has 0 aliphatic rings. The molecule has 2 rings (SSSR count). The number of aromatic nitrogens is 2. The molecule has 0 unspecified atom stereocenters. The summed E-state index contributed by atoms with van der Waals surface area (Å²) in [4.78, 5) is 4.38. The normalized spacial score (nSPS) is 10.8. The van der Waals surface area contributed by atoms with Crippen molar-refractivity contribution in [3.05, 3.63) is 53.1 Å². The van der Waals surface area contributed by atoms with Crippen molar-refractivity contribution in [2.24, 2.45) is 7.05 Å². The van der Waals surface area contributed by atoms with Gasteiger partial charge >= 0.3 is 0 Å². The zero-order valence-corrected chi connectivity index (χ0v) is 10.7. The van der Waals surface area contributed by atoms with Gasteiger partial charge < -0.3 is 9.88 Å². The Morgan fingerprint density at radius 2 is 2.18 bits per heavy atom. The monoisotopic (exact) mass is 229 g/mol. The van der Waals surface area contributed by atoms with Crippen LogP contribution in [0.15, 0.2) is 30.6 Å². The Bertz CT molecular complexity index is 500. The van der Waals surface area contributed by atoms with Gasteiger partial charge in [-0.1, -0.05) is 18.2 Å². The lowest BCUT2D eigenvalue weighted by Crippen LogP contribution is -2.06. The molecule has 0 fully saturated rings. The van der Waals surface area contributed by atoms with Crippen LogP contribution in [0.25, 0.3) is 0 Å². The van der Waals surface area contributed by atoms with Gasteiger partial charge in [0, 0.05) is 32.4 Å². The van der Waals surface area contributed by atoms with Crippen molar-refractivity contribution in [2.45, 2.75) is 19.9 Å². The summed E-state index contributed by atoms with van der Waals surface area (Å²) < 4.78 is 2.07. The van der Waals surface area contributed by atoms with Gasteiger partial charge in [0.15, 0.2) is 0 Å². The quantitative estimate of drug-likeness (QED) is 0.869. The Labute approximate surface area is 103 Å². The molecule has 17 heavy (non-hydrogen) atoms. The lowest BCUT2D eigenvalue weighted by Gasteiger charge is -2.09. The molecule has 0 saturated heterocycles. The lowest BCUT2D eigenvalue weighted by molar-refractivity contribution is 0.805. The number of benzene rings is 1. The predicted molar refractivity (Wildman–Crippen MR) is 70.0 cm³/mol. The van der Waals surface area contributed by atoms with Crippen LogP contribution < -0.4 is 5.32 Å². The molecular weight excluding hydrogens is 210 g/mol. The first-order valence-corrected chi connectivity index (χ1v) is 5.90. The van der Waals surface area contributed by atoms with Gasteiger partial charge in [-0.3, -0.25) is 0 Å². The Balaban J connectivity index is 2.25. The van der Waals surface area contributed by atoms with Gasteiger partial charge in [0.25, 0.3) is 0 Å². The molecule has 0 aliphatic heterocycles. The first-order valence-electron chi connectivity index (χ1n) is 5.90. The topological polar surface area (TPSA) is 29.9 Å². The smallest absolute Gasteiger partial charge is 0.112 e. The molecule has 0 radical (unpaired) electrons. The number of nitrogens with one attached hydrogen (secondary N) is 1. The largest absolute Gasteiger partial charge is 0.338 e. The lowest BCUT2D eigenvalue weighted by atomic mass is 10.0. The van der Waals surface area contributed by atoms with Crippen molar-refractivity contribution in [2.75, 3.05) is 7.05 Å². The van der Waals surface area contributed by atoms with Gasteiger partial charge in [-0.15, -0.1) is 0 Å². The van der Waals surface area contributed by atoms with Crippen LogP contribution >= 0.6 is 0 Å². The van der Waals surface area contributed by atoms with Gasteiger partial charge in [-0.25, -0.2) is 4.98 Å². The van der Waals surface area contributed by atoms with E-state index in [1.807, 2.05) is 26.5 Å². The highest BCUT2D eigenvalue weighted by Crippen LogP contribution is 2.15. The van der Waals surface area contributed by atoms with Gasteiger partial charge in [-0.2, -0.15) is 0 Å². The van der Waals surface area contributed by atoms with E-state index in [-0.39, 0.29) is 0 Å². The molecule has 0 saturated carbocycles. The van der Waals surface area contributed by atoms with Crippen molar-refractivity contribution in [3.63, 3.8) is 0 Å². The fourth-order valence-electron chi connectivity index (χ4n) is 1.97. The molecular formula is C14H19N3. The van der Waals surface area contributed by atoms with Crippen LogP contribution in [0.4, 0.5) is 0 Å². The minimum Gasteiger partial charge on any atom is -0.338 e. The maximum atomic E-state index is 4.38. The summed E-state index contributed by atoms with van der Waals surface area (Å²) in [5.41, 5.74) is 4.00. The van der Waals surface area contributed by atoms with Crippen LogP contribution in [0, 0.1) is 6.92 Å². The molecule has 1 aromatic heterocycles. The number of hydrogen-bond acceptors (Lipinski definition) is 2. The highest BCUT2D eigenvalue weighted by Gasteiger charge is 2.05. The van der Waals surface area contributed by atoms with Crippen molar-refractivity contribution < 1.29 is 0 Å². The Kier molecular flexibility index (Phi) is 3.59. The van der Waals surface area contributed by atoms with E-state index < -0.39 is 0 Å². The molecule has 0 atom stereocenters. The molecule has 3 heteroatoms. The summed E-state index contributed by atoms with van der Waals surface area (Å²) in [6, 6.07) is 6.62. The highest BCUT2D eigenvalue weighted by molar-refractivity contribution is 5.33. The third-order valence-corrected chi connectivity index (χ3v) is 3.06. The molecule has 1 aromatic carbocycles. The van der Waals surface area contributed by atoms with Gasteiger partial charge in [-0.05, 0) is 30.7 Å². The van der Waals surface area contributed by atoms with E-state index in [9.17, 15) is 0 Å². The van der Waals surface area contributed by atoms with Crippen LogP contribution in [0.3, 0.4) is 0 Å². The average molecular weight is 229 g/mol. The number of nitrogens with zero attached hydrogens (tertiary/aromatic N) is 2. The molecule has 0 amide bonds. The first kappa shape index (κ1) is 11.9. The van der Waals surface area contributed by atoms with Crippen molar-refractivity contribution in [1.29, 1.82) is 0 Å². The number of imidazole rings is 1. The maximum absolute atomic E-state index is 4.38. The number of rotatable bonds is 4. The van der Waals surface area contributed by atoms with E-state index in [1.54, 1.807) is 0 Å². The molecule has 0 spiro atoms. The van der Waals surface area contributed by atoms with Crippen LogP contribution in [0.5, 0.6) is 0 Å². The Morgan fingerprint density at radius 1 is 1.35 bits per heavy atom. The molecule has 0 bridgehead atoms. The third-order valence-electron chi connectivity index (χ3n) is 3.06. The van der Waals surface area contributed by atoms with Gasteiger partial charge in [0.2, 0.25) is 0 Å². The Morgan fingerprint density at radius 3 is 2.82 bits per heavy atom. The number of hydrogen-bond donors (Lipinski definition) is 1. The summed E-state index contributed by atoms with van der Waals surface area (Å²) in [6.45, 7) is 3.06. The second-order valence-electron chi connectivity index (χ2n) is 4.42. The fraction of sp³-hybridized carbons (Fsp3) is 0.357. The molecule has 1 heterocycles. The molecule has 2 aromatic rings. The van der Waals surface area contributed by atoms with E-state index >= 15 is 0 Å². The molecule has 3 nitrogen and oxygen atoms in total. The van der Waals surface area contributed by atoms with Crippen molar-refractivity contribution in [3.8, 4) is 0 Å². The van der Waals surface area contributed by atoms with E-state index in [4.69, 9.17) is 0 Å². The van der Waals surface area contributed by atoms with Gasteiger partial charge in [0.1, 0.15) is 5.82 Å². The minimum absolute atomic E-state index is 0.896. The van der Waals surface area contributed by atoms with E-state index in [0.29, 0.717) is 0 Å². The summed E-state index contributed by atoms with van der Waals surface area (Å²) in [5, 5.41) is 3.18. The molecule has 1 N–H and O–H groups in total. The second-order valence-corrected chi connectivity index (χ2v) is 4.42. The first-order chi connectivity index (χ1) is 8.20. The summed E-state index contributed by atoms with van der Waals surface area (Å²) >= 11 is 0. The summed E-state index contributed by atoms with van der Waals surface area (Å²) in [5.74, 6) is 1.11. The zero-order valence-electron chi connectivity index (χ0n) is 10.7. The standard InChI is InChI=1S/C14H19N3/c1-11-4-5-12(10-15-2)8-13(11)9-14-16-6-7-17(14)3/h4-8,15H,9-10H2,1-3H3. The Hall–Kier alpha value is -1.61. The van der Waals surface area contributed by atoms with E-state index in [0.717, 1.165) is 18.8 Å². The van der Waals surface area contributed by atoms with Crippen molar-refractivity contribution in [1.82, 2.24) is 14.9 Å². The maximum Gasteiger partial charge on any atom is 0.112 e. The SMILES string of the molecule is CNCc1ccc(C)c(Cc2nccn2C)c1. The fourth-order valence-corrected chi connectivity index (χ4v) is 1.97. The summed E-state index contributed by atoms with van der Waals surface area (Å²) in [7, 11) is 4.01. The molecule has 0 aliphatic carbocycles. The van der Waals surface area contributed by atoms with Crippen LogP contribution in [-0.2, 0) is 20.0 Å². The van der Waals surface area contributed by atoms with Gasteiger partial charge in [0.05, 0.1) is 0 Å². The average Bonchev–Trinajstić information content (AvgIpc) is 2.70. The van der Waals surface area contributed by atoms with E-state index in [2.05, 4.69) is 40.0 Å². The van der Waals surface area contributed by atoms with E-state index in [1.165, 1.54) is 16.7 Å². The van der Waals surface area contributed by atoms with Crippen LogP contribution in [-0.4, -0.2) is 16.6 Å².